The second-order valence-corrected chi connectivity index (χ2v) is 8.80. The van der Waals surface area contributed by atoms with E-state index in [2.05, 4.69) is 6.92 Å². The van der Waals surface area contributed by atoms with Crippen molar-refractivity contribution in [2.24, 2.45) is 5.92 Å². The van der Waals surface area contributed by atoms with Gasteiger partial charge in [-0.25, -0.2) is 4.98 Å². The smallest absolute Gasteiger partial charge is 0.274 e. The minimum absolute atomic E-state index is 0.000401. The predicted molar refractivity (Wildman–Crippen MR) is 119 cm³/mol. The molecule has 0 saturated carbocycles. The van der Waals surface area contributed by atoms with Gasteiger partial charge < -0.3 is 14.2 Å². The molecule has 31 heavy (non-hydrogen) atoms. The lowest BCUT2D eigenvalue weighted by molar-refractivity contribution is 0.0679. The monoisotopic (exact) mass is 416 g/mol. The van der Waals surface area contributed by atoms with Gasteiger partial charge in [-0.15, -0.1) is 0 Å². The Morgan fingerprint density at radius 3 is 2.52 bits per heavy atom. The summed E-state index contributed by atoms with van der Waals surface area (Å²) in [7, 11) is 0. The van der Waals surface area contributed by atoms with E-state index in [1.807, 2.05) is 68.9 Å². The van der Waals surface area contributed by atoms with Crippen LogP contribution in [0.3, 0.4) is 0 Å². The Kier molecular flexibility index (Phi) is 5.22. The van der Waals surface area contributed by atoms with Gasteiger partial charge in [0.15, 0.2) is 5.69 Å². The maximum Gasteiger partial charge on any atom is 0.274 e. The molecule has 2 aliphatic rings. The Bertz CT molecular complexity index is 1110. The first-order valence-electron chi connectivity index (χ1n) is 11.3. The Hall–Kier alpha value is -3.15. The molecule has 2 fully saturated rings. The number of hydrogen-bond donors (Lipinski definition) is 0. The molecule has 2 saturated heterocycles. The van der Waals surface area contributed by atoms with E-state index in [1.54, 1.807) is 0 Å². The number of amides is 2. The fraction of sp³-hybridized carbons (Fsp3) is 0.400. The number of nitrogens with zero attached hydrogens (tertiary/aromatic N) is 4. The van der Waals surface area contributed by atoms with Crippen molar-refractivity contribution in [3.8, 4) is 0 Å². The quantitative estimate of drug-likeness (QED) is 0.643. The van der Waals surface area contributed by atoms with Crippen molar-refractivity contribution in [2.75, 3.05) is 19.6 Å². The molecule has 4 heterocycles. The third-order valence-electron chi connectivity index (χ3n) is 6.55. The van der Waals surface area contributed by atoms with Crippen LogP contribution in [0.15, 0.2) is 54.7 Å². The molecule has 1 aromatic carbocycles. The topological polar surface area (TPSA) is 57.9 Å². The maximum absolute atomic E-state index is 13.4. The zero-order valence-corrected chi connectivity index (χ0v) is 17.9. The molecule has 5 rings (SSSR count). The van der Waals surface area contributed by atoms with Crippen molar-refractivity contribution in [3.05, 3.63) is 71.8 Å². The Balaban J connectivity index is 1.51. The highest BCUT2D eigenvalue weighted by Gasteiger charge is 2.35. The lowest BCUT2D eigenvalue weighted by Crippen LogP contribution is -2.39. The molecule has 0 radical (unpaired) electrons. The van der Waals surface area contributed by atoms with Crippen LogP contribution < -0.4 is 0 Å². The Labute approximate surface area is 182 Å². The number of carbonyl (C=O) groups excluding carboxylic acids is 2. The van der Waals surface area contributed by atoms with Crippen molar-refractivity contribution in [1.29, 1.82) is 0 Å². The molecule has 0 bridgehead atoms. The lowest BCUT2D eigenvalue weighted by Gasteiger charge is -2.30. The number of piperidine rings is 1. The van der Waals surface area contributed by atoms with Gasteiger partial charge in [0.2, 0.25) is 0 Å². The van der Waals surface area contributed by atoms with E-state index in [0.717, 1.165) is 50.1 Å². The molecule has 2 amide bonds. The standard InChI is InChI=1S/C25H28N4O2/c1-18-9-7-14-27(17-18)25(31)22-20-12-5-6-15-28(20)23(26-22)21-13-8-16-29(21)24(30)19-10-3-2-4-11-19/h2-6,10-12,15,18,21H,7-9,13-14,16-17H2,1H3/t18-,21+/m0/s1. The largest absolute Gasteiger partial charge is 0.337 e. The molecule has 160 valence electrons. The fourth-order valence-corrected chi connectivity index (χ4v) is 5.00. The van der Waals surface area contributed by atoms with Gasteiger partial charge in [-0.05, 0) is 55.9 Å². The molecule has 2 aliphatic heterocycles. The maximum atomic E-state index is 13.4. The first kappa shape index (κ1) is 19.8. The molecule has 2 aromatic heterocycles. The van der Waals surface area contributed by atoms with E-state index in [4.69, 9.17) is 4.98 Å². The number of carbonyl (C=O) groups is 2. The summed E-state index contributed by atoms with van der Waals surface area (Å²) in [4.78, 5) is 35.3. The summed E-state index contributed by atoms with van der Waals surface area (Å²) >= 11 is 0. The summed E-state index contributed by atoms with van der Waals surface area (Å²) in [5, 5.41) is 0. The first-order valence-corrected chi connectivity index (χ1v) is 11.3. The highest BCUT2D eigenvalue weighted by Crippen LogP contribution is 2.34. The number of pyridine rings is 1. The summed E-state index contributed by atoms with van der Waals surface area (Å²) in [5.41, 5.74) is 2.01. The summed E-state index contributed by atoms with van der Waals surface area (Å²) in [6, 6.07) is 15.1. The molecule has 6 nitrogen and oxygen atoms in total. The summed E-state index contributed by atoms with van der Waals surface area (Å²) in [6.45, 7) is 4.46. The van der Waals surface area contributed by atoms with Crippen LogP contribution in [0.2, 0.25) is 0 Å². The van der Waals surface area contributed by atoms with Crippen LogP contribution in [0.5, 0.6) is 0 Å². The van der Waals surface area contributed by atoms with Gasteiger partial charge in [0.25, 0.3) is 11.8 Å². The highest BCUT2D eigenvalue weighted by atomic mass is 16.2. The molecule has 3 aromatic rings. The Morgan fingerprint density at radius 2 is 1.71 bits per heavy atom. The van der Waals surface area contributed by atoms with Crippen LogP contribution in [0.1, 0.15) is 65.3 Å². The zero-order chi connectivity index (χ0) is 21.4. The second-order valence-electron chi connectivity index (χ2n) is 8.80. The lowest BCUT2D eigenvalue weighted by atomic mass is 10.00. The Morgan fingerprint density at radius 1 is 0.935 bits per heavy atom. The molecule has 6 heteroatoms. The van der Waals surface area contributed by atoms with Gasteiger partial charge in [0.05, 0.1) is 11.6 Å². The summed E-state index contributed by atoms with van der Waals surface area (Å²) in [6.07, 6.45) is 5.93. The molecule has 0 aliphatic carbocycles. The van der Waals surface area contributed by atoms with E-state index < -0.39 is 0 Å². The van der Waals surface area contributed by atoms with E-state index >= 15 is 0 Å². The van der Waals surface area contributed by atoms with Crippen molar-refractivity contribution in [2.45, 2.75) is 38.6 Å². The molecule has 0 N–H and O–H groups in total. The summed E-state index contributed by atoms with van der Waals surface area (Å²) in [5.74, 6) is 1.32. The van der Waals surface area contributed by atoms with Crippen LogP contribution in [0.25, 0.3) is 5.52 Å². The minimum Gasteiger partial charge on any atom is -0.337 e. The average Bonchev–Trinajstić information content (AvgIpc) is 3.43. The number of hydrogen-bond acceptors (Lipinski definition) is 3. The zero-order valence-electron chi connectivity index (χ0n) is 17.9. The normalized spacial score (nSPS) is 21.6. The van der Waals surface area contributed by atoms with Crippen LogP contribution in [0.4, 0.5) is 0 Å². The summed E-state index contributed by atoms with van der Waals surface area (Å²) < 4.78 is 2.00. The van der Waals surface area contributed by atoms with Crippen LogP contribution in [0, 0.1) is 5.92 Å². The number of aromatic nitrogens is 2. The van der Waals surface area contributed by atoms with Crippen LogP contribution >= 0.6 is 0 Å². The van der Waals surface area contributed by atoms with E-state index in [-0.39, 0.29) is 17.9 Å². The number of benzene rings is 1. The van der Waals surface area contributed by atoms with E-state index in [0.29, 0.717) is 23.7 Å². The minimum atomic E-state index is -0.135. The van der Waals surface area contributed by atoms with Crippen molar-refractivity contribution >= 4 is 17.3 Å². The molecular weight excluding hydrogens is 388 g/mol. The number of fused-ring (bicyclic) bond motifs is 1. The van der Waals surface area contributed by atoms with Gasteiger partial charge in [-0.2, -0.15) is 0 Å². The van der Waals surface area contributed by atoms with E-state index in [9.17, 15) is 9.59 Å². The average molecular weight is 417 g/mol. The van der Waals surface area contributed by atoms with Crippen molar-refractivity contribution in [3.63, 3.8) is 0 Å². The second kappa shape index (κ2) is 8.17. The van der Waals surface area contributed by atoms with Gasteiger partial charge in [-0.3, -0.25) is 9.59 Å². The highest BCUT2D eigenvalue weighted by molar-refractivity contribution is 5.99. The number of imidazole rings is 1. The number of rotatable bonds is 3. The van der Waals surface area contributed by atoms with Crippen molar-refractivity contribution in [1.82, 2.24) is 19.2 Å². The molecule has 0 unspecified atom stereocenters. The van der Waals surface area contributed by atoms with Gasteiger partial charge in [0, 0.05) is 31.4 Å². The van der Waals surface area contributed by atoms with Crippen molar-refractivity contribution < 1.29 is 9.59 Å². The van der Waals surface area contributed by atoms with Crippen LogP contribution in [-0.4, -0.2) is 50.6 Å². The van der Waals surface area contributed by atoms with E-state index in [1.165, 1.54) is 0 Å². The molecular formula is C25H28N4O2. The molecule has 0 spiro atoms. The van der Waals surface area contributed by atoms with Gasteiger partial charge in [-0.1, -0.05) is 31.2 Å². The van der Waals surface area contributed by atoms with Crippen LogP contribution in [-0.2, 0) is 0 Å². The predicted octanol–water partition coefficient (Wildman–Crippen LogP) is 4.18. The van der Waals surface area contributed by atoms with Gasteiger partial charge >= 0.3 is 0 Å². The third kappa shape index (κ3) is 3.60. The molecule has 2 atom stereocenters. The SMILES string of the molecule is C[C@H]1CCCN(C(=O)c2nc([C@H]3CCCN3C(=O)c3ccccc3)n3ccccc23)C1. The first-order chi connectivity index (χ1) is 15.1. The van der Waals surface area contributed by atoms with Gasteiger partial charge in [0.1, 0.15) is 5.82 Å². The fourth-order valence-electron chi connectivity index (χ4n) is 5.00. The third-order valence-corrected chi connectivity index (χ3v) is 6.55. The number of likely N-dealkylation sites (tertiary alicyclic amines) is 2.